The first kappa shape index (κ1) is 12.4. The summed E-state index contributed by atoms with van der Waals surface area (Å²) in [6, 6.07) is 4.41. The number of aromatic carboxylic acids is 1. The van der Waals surface area contributed by atoms with E-state index in [1.165, 1.54) is 24.2 Å². The Hall–Kier alpha value is -1.66. The van der Waals surface area contributed by atoms with Crippen LogP contribution in [-0.4, -0.2) is 27.0 Å². The molecule has 1 aliphatic carbocycles. The van der Waals surface area contributed by atoms with Crippen molar-refractivity contribution in [2.45, 2.75) is 32.0 Å². The molecule has 0 unspecified atom stereocenters. The molecule has 0 spiro atoms. The predicted molar refractivity (Wildman–Crippen MR) is 70.1 cm³/mol. The van der Waals surface area contributed by atoms with Crippen LogP contribution in [0, 0.1) is 0 Å². The third kappa shape index (κ3) is 3.02. The molecule has 3 rings (SSSR count). The molecule has 1 saturated carbocycles. The van der Waals surface area contributed by atoms with Crippen molar-refractivity contribution in [2.24, 2.45) is 0 Å². The number of hydrogen-bond donors (Lipinski definition) is 1. The zero-order valence-corrected chi connectivity index (χ0v) is 11.1. The van der Waals surface area contributed by atoms with Crippen LogP contribution in [0.3, 0.4) is 0 Å². The van der Waals surface area contributed by atoms with Crippen molar-refractivity contribution in [1.82, 2.24) is 9.88 Å². The Morgan fingerprint density at radius 3 is 2.95 bits per heavy atom. The highest BCUT2D eigenvalue weighted by Crippen LogP contribution is 2.30. The summed E-state index contributed by atoms with van der Waals surface area (Å²) < 4.78 is 5.37. The lowest BCUT2D eigenvalue weighted by atomic mass is 10.3. The van der Waals surface area contributed by atoms with Gasteiger partial charge in [0.2, 0.25) is 5.01 Å². The molecule has 0 atom stereocenters. The molecule has 1 N–H and O–H groups in total. The summed E-state index contributed by atoms with van der Waals surface area (Å²) in [6.45, 7) is 1.42. The van der Waals surface area contributed by atoms with Crippen LogP contribution >= 0.6 is 11.3 Å². The fraction of sp³-hybridized carbons (Fsp3) is 0.385. The summed E-state index contributed by atoms with van der Waals surface area (Å²) in [5.41, 5.74) is 0.820. The highest BCUT2D eigenvalue weighted by Gasteiger charge is 2.30. The number of furan rings is 1. The molecular formula is C13H14N2O3S. The molecule has 6 heteroatoms. The molecule has 19 heavy (non-hydrogen) atoms. The predicted octanol–water partition coefficient (Wildman–Crippen LogP) is 2.60. The Balaban J connectivity index is 1.68. The van der Waals surface area contributed by atoms with Gasteiger partial charge in [-0.2, -0.15) is 0 Å². The molecule has 0 bridgehead atoms. The Bertz CT molecular complexity index is 560. The second kappa shape index (κ2) is 5.14. The molecule has 0 radical (unpaired) electrons. The standard InChI is InChI=1S/C13H14N2O3S/c16-13(17)12-14-9(8-19-12)6-15(10-3-4-10)7-11-2-1-5-18-11/h1-2,5,8,10H,3-4,6-7H2,(H,16,17). The zero-order chi connectivity index (χ0) is 13.2. The molecule has 0 saturated heterocycles. The summed E-state index contributed by atoms with van der Waals surface area (Å²) in [6.07, 6.45) is 4.05. The summed E-state index contributed by atoms with van der Waals surface area (Å²) in [7, 11) is 0. The Morgan fingerprint density at radius 1 is 1.53 bits per heavy atom. The first-order chi connectivity index (χ1) is 9.22. The van der Waals surface area contributed by atoms with Gasteiger partial charge in [0, 0.05) is 18.0 Å². The molecular weight excluding hydrogens is 264 g/mol. The molecule has 0 aliphatic heterocycles. The molecule has 0 aromatic carbocycles. The maximum absolute atomic E-state index is 10.8. The number of nitrogens with zero attached hydrogens (tertiary/aromatic N) is 2. The van der Waals surface area contributed by atoms with Gasteiger partial charge in [0.1, 0.15) is 5.76 Å². The van der Waals surface area contributed by atoms with E-state index in [9.17, 15) is 4.79 Å². The second-order valence-corrected chi connectivity index (χ2v) is 5.52. The molecule has 2 aromatic heterocycles. The van der Waals surface area contributed by atoms with Crippen molar-refractivity contribution >= 4 is 17.3 Å². The number of carboxylic acid groups (broad SMARTS) is 1. The van der Waals surface area contributed by atoms with Gasteiger partial charge in [-0.15, -0.1) is 11.3 Å². The Kier molecular flexibility index (Phi) is 3.35. The van der Waals surface area contributed by atoms with Crippen molar-refractivity contribution < 1.29 is 14.3 Å². The van der Waals surface area contributed by atoms with Gasteiger partial charge < -0.3 is 9.52 Å². The third-order valence-corrected chi connectivity index (χ3v) is 3.98. The monoisotopic (exact) mass is 278 g/mol. The van der Waals surface area contributed by atoms with Gasteiger partial charge in [-0.1, -0.05) is 0 Å². The average molecular weight is 278 g/mol. The van der Waals surface area contributed by atoms with E-state index < -0.39 is 5.97 Å². The first-order valence-corrected chi connectivity index (χ1v) is 7.04. The van der Waals surface area contributed by atoms with E-state index in [0.717, 1.165) is 18.0 Å². The fourth-order valence-electron chi connectivity index (χ4n) is 2.04. The van der Waals surface area contributed by atoms with Gasteiger partial charge >= 0.3 is 5.97 Å². The molecule has 2 heterocycles. The zero-order valence-electron chi connectivity index (χ0n) is 10.3. The smallest absolute Gasteiger partial charge is 0.365 e. The lowest BCUT2D eigenvalue weighted by Gasteiger charge is -2.19. The van der Waals surface area contributed by atoms with Crippen LogP contribution in [0.5, 0.6) is 0 Å². The van der Waals surface area contributed by atoms with Crippen LogP contribution in [0.2, 0.25) is 0 Å². The van der Waals surface area contributed by atoms with Gasteiger partial charge in [-0.25, -0.2) is 9.78 Å². The molecule has 2 aromatic rings. The summed E-state index contributed by atoms with van der Waals surface area (Å²) >= 11 is 1.18. The second-order valence-electron chi connectivity index (χ2n) is 4.66. The van der Waals surface area contributed by atoms with Gasteiger partial charge in [0.25, 0.3) is 0 Å². The maximum atomic E-state index is 10.8. The topological polar surface area (TPSA) is 66.6 Å². The largest absolute Gasteiger partial charge is 0.476 e. The summed E-state index contributed by atoms with van der Waals surface area (Å²) in [4.78, 5) is 17.2. The number of carbonyl (C=O) groups is 1. The van der Waals surface area contributed by atoms with Gasteiger partial charge in [0.15, 0.2) is 0 Å². The van der Waals surface area contributed by atoms with Crippen molar-refractivity contribution in [3.63, 3.8) is 0 Å². The molecule has 1 aliphatic rings. The van der Waals surface area contributed by atoms with Crippen molar-refractivity contribution in [2.75, 3.05) is 0 Å². The van der Waals surface area contributed by atoms with Crippen molar-refractivity contribution in [3.8, 4) is 0 Å². The quantitative estimate of drug-likeness (QED) is 0.879. The minimum Gasteiger partial charge on any atom is -0.476 e. The van der Waals surface area contributed by atoms with E-state index in [2.05, 4.69) is 9.88 Å². The van der Waals surface area contributed by atoms with Crippen LogP contribution < -0.4 is 0 Å². The van der Waals surface area contributed by atoms with Crippen LogP contribution in [0.25, 0.3) is 0 Å². The van der Waals surface area contributed by atoms with Gasteiger partial charge in [-0.05, 0) is 25.0 Å². The number of hydrogen-bond acceptors (Lipinski definition) is 5. The average Bonchev–Trinajstić information content (AvgIpc) is 2.90. The number of aromatic nitrogens is 1. The number of carboxylic acids is 1. The van der Waals surface area contributed by atoms with Crippen LogP contribution in [0.1, 0.15) is 34.1 Å². The van der Waals surface area contributed by atoms with E-state index in [0.29, 0.717) is 12.6 Å². The number of rotatable bonds is 6. The SMILES string of the molecule is O=C(O)c1nc(CN(Cc2ccco2)C2CC2)cs1. The van der Waals surface area contributed by atoms with Crippen LogP contribution in [0.4, 0.5) is 0 Å². The highest BCUT2D eigenvalue weighted by molar-refractivity contribution is 7.11. The van der Waals surface area contributed by atoms with Gasteiger partial charge in [0.05, 0.1) is 18.5 Å². The third-order valence-electron chi connectivity index (χ3n) is 3.10. The van der Waals surface area contributed by atoms with Crippen LogP contribution in [-0.2, 0) is 13.1 Å². The lowest BCUT2D eigenvalue weighted by molar-refractivity contribution is 0.0696. The Labute approximate surface area is 114 Å². The van der Waals surface area contributed by atoms with Crippen molar-refractivity contribution in [1.29, 1.82) is 0 Å². The fourth-order valence-corrected chi connectivity index (χ4v) is 2.69. The minimum atomic E-state index is -0.958. The van der Waals surface area contributed by atoms with Gasteiger partial charge in [-0.3, -0.25) is 4.90 Å². The highest BCUT2D eigenvalue weighted by atomic mass is 32.1. The van der Waals surface area contributed by atoms with Crippen molar-refractivity contribution in [3.05, 3.63) is 40.2 Å². The molecule has 100 valence electrons. The van der Waals surface area contributed by atoms with E-state index in [-0.39, 0.29) is 5.01 Å². The maximum Gasteiger partial charge on any atom is 0.365 e. The molecule has 1 fully saturated rings. The first-order valence-electron chi connectivity index (χ1n) is 6.16. The Morgan fingerprint density at radius 2 is 2.37 bits per heavy atom. The van der Waals surface area contributed by atoms with E-state index in [1.54, 1.807) is 6.26 Å². The summed E-state index contributed by atoms with van der Waals surface area (Å²) in [5.74, 6) is -0.0270. The molecule has 0 amide bonds. The summed E-state index contributed by atoms with van der Waals surface area (Å²) in [5, 5.41) is 10.9. The van der Waals surface area contributed by atoms with E-state index in [1.807, 2.05) is 17.5 Å². The van der Waals surface area contributed by atoms with E-state index >= 15 is 0 Å². The normalized spacial score (nSPS) is 15.0. The van der Waals surface area contributed by atoms with E-state index in [4.69, 9.17) is 9.52 Å². The minimum absolute atomic E-state index is 0.156. The lowest BCUT2D eigenvalue weighted by Crippen LogP contribution is -2.25. The van der Waals surface area contributed by atoms with Crippen LogP contribution in [0.15, 0.2) is 28.2 Å². The number of thiazole rings is 1. The molecule has 5 nitrogen and oxygen atoms in total.